The molecule has 0 unspecified atom stereocenters. The van der Waals surface area contributed by atoms with Crippen LogP contribution in [0, 0.1) is 13.8 Å². The molecule has 2 aromatic heterocycles. The molecule has 6 nitrogen and oxygen atoms in total. The van der Waals surface area contributed by atoms with Crippen LogP contribution in [0.15, 0.2) is 46.8 Å². The molecule has 3 aromatic rings. The van der Waals surface area contributed by atoms with Crippen molar-refractivity contribution in [3.8, 4) is 0 Å². The van der Waals surface area contributed by atoms with Gasteiger partial charge in [0.1, 0.15) is 5.65 Å². The lowest BCUT2D eigenvalue weighted by Gasteiger charge is -1.99. The van der Waals surface area contributed by atoms with Crippen molar-refractivity contribution in [3.63, 3.8) is 0 Å². The normalized spacial score (nSPS) is 11.4. The van der Waals surface area contributed by atoms with E-state index in [1.165, 1.54) is 0 Å². The molecular weight excluding hydrogens is 316 g/mol. The maximum absolute atomic E-state index is 11.4. The minimum atomic E-state index is -1.15. The first kappa shape index (κ1) is 15.2. The van der Waals surface area contributed by atoms with E-state index < -0.39 is 5.97 Å². The Labute approximate surface area is 137 Å². The summed E-state index contributed by atoms with van der Waals surface area (Å²) < 4.78 is 1.59. The van der Waals surface area contributed by atoms with Crippen molar-refractivity contribution in [2.45, 2.75) is 13.8 Å². The molecule has 1 aromatic carbocycles. The van der Waals surface area contributed by atoms with Gasteiger partial charge in [0.2, 0.25) is 0 Å². The number of aryl methyl sites for hydroxylation is 2. The highest BCUT2D eigenvalue weighted by Gasteiger charge is 2.18. The summed E-state index contributed by atoms with van der Waals surface area (Å²) in [4.78, 5) is 15.5. The zero-order chi connectivity index (χ0) is 16.6. The minimum Gasteiger partial charge on any atom is -0.476 e. The number of nitrogens with zero attached hydrogens (tertiary/aromatic N) is 4. The van der Waals surface area contributed by atoms with Gasteiger partial charge < -0.3 is 5.11 Å². The van der Waals surface area contributed by atoms with Crippen molar-refractivity contribution >= 4 is 34.7 Å². The highest BCUT2D eigenvalue weighted by Crippen LogP contribution is 2.27. The van der Waals surface area contributed by atoms with Gasteiger partial charge in [-0.1, -0.05) is 17.7 Å². The van der Waals surface area contributed by atoms with Crippen LogP contribution in [-0.2, 0) is 0 Å². The van der Waals surface area contributed by atoms with Crippen LogP contribution in [0.25, 0.3) is 5.65 Å². The highest BCUT2D eigenvalue weighted by atomic mass is 35.5. The van der Waals surface area contributed by atoms with E-state index in [2.05, 4.69) is 15.2 Å². The van der Waals surface area contributed by atoms with Crippen molar-refractivity contribution in [1.82, 2.24) is 9.38 Å². The molecule has 0 atom stereocenters. The lowest BCUT2D eigenvalue weighted by molar-refractivity contribution is 0.0692. The number of hydrogen-bond acceptors (Lipinski definition) is 4. The maximum Gasteiger partial charge on any atom is 0.358 e. The molecule has 2 heterocycles. The number of carboxylic acid groups (broad SMARTS) is 1. The van der Waals surface area contributed by atoms with Crippen molar-refractivity contribution in [2.24, 2.45) is 10.2 Å². The second kappa shape index (κ2) is 5.81. The van der Waals surface area contributed by atoms with Gasteiger partial charge in [-0.05, 0) is 49.2 Å². The Bertz CT molecular complexity index is 947. The second-order valence-electron chi connectivity index (χ2n) is 5.15. The molecule has 7 heteroatoms. The van der Waals surface area contributed by atoms with Crippen molar-refractivity contribution in [2.75, 3.05) is 0 Å². The number of carboxylic acids is 1. The Morgan fingerprint density at radius 1 is 1.22 bits per heavy atom. The van der Waals surface area contributed by atoms with Gasteiger partial charge in [0.05, 0.1) is 5.69 Å². The molecule has 0 aliphatic heterocycles. The molecule has 0 saturated heterocycles. The van der Waals surface area contributed by atoms with Crippen molar-refractivity contribution in [1.29, 1.82) is 0 Å². The molecule has 0 spiro atoms. The van der Waals surface area contributed by atoms with Crippen LogP contribution in [0.2, 0.25) is 5.02 Å². The maximum atomic E-state index is 11.4. The average molecular weight is 329 g/mol. The molecular formula is C16H13ClN4O2. The van der Waals surface area contributed by atoms with Gasteiger partial charge >= 0.3 is 5.97 Å². The number of azo groups is 1. The van der Waals surface area contributed by atoms with Gasteiger partial charge in [0.25, 0.3) is 0 Å². The summed E-state index contributed by atoms with van der Waals surface area (Å²) in [6, 6.07) is 8.90. The zero-order valence-corrected chi connectivity index (χ0v) is 13.2. The largest absolute Gasteiger partial charge is 0.476 e. The van der Waals surface area contributed by atoms with Crippen LogP contribution in [0.4, 0.5) is 11.5 Å². The van der Waals surface area contributed by atoms with Crippen LogP contribution in [-0.4, -0.2) is 20.5 Å². The smallest absolute Gasteiger partial charge is 0.358 e. The Morgan fingerprint density at radius 2 is 2.00 bits per heavy atom. The topological polar surface area (TPSA) is 79.3 Å². The van der Waals surface area contributed by atoms with Gasteiger partial charge in [-0.15, -0.1) is 10.2 Å². The number of fused-ring (bicyclic) bond motifs is 1. The molecule has 23 heavy (non-hydrogen) atoms. The van der Waals surface area contributed by atoms with E-state index in [4.69, 9.17) is 11.6 Å². The fraction of sp³-hybridized carbons (Fsp3) is 0.125. The van der Waals surface area contributed by atoms with Crippen LogP contribution in [0.5, 0.6) is 0 Å². The summed E-state index contributed by atoms with van der Waals surface area (Å²) in [7, 11) is 0. The van der Waals surface area contributed by atoms with Crippen LogP contribution in [0.1, 0.15) is 21.6 Å². The lowest BCUT2D eigenvalue weighted by Crippen LogP contribution is -1.96. The first-order valence-corrected chi connectivity index (χ1v) is 7.23. The second-order valence-corrected chi connectivity index (χ2v) is 5.56. The highest BCUT2D eigenvalue weighted by molar-refractivity contribution is 6.31. The van der Waals surface area contributed by atoms with Gasteiger partial charge in [-0.3, -0.25) is 4.40 Å². The van der Waals surface area contributed by atoms with Gasteiger partial charge in [-0.2, -0.15) is 0 Å². The molecule has 0 aliphatic rings. The number of halogens is 1. The third-order valence-corrected chi connectivity index (χ3v) is 3.78. The number of hydrogen-bond donors (Lipinski definition) is 1. The number of imidazole rings is 1. The fourth-order valence-corrected chi connectivity index (χ4v) is 2.30. The summed E-state index contributed by atoms with van der Waals surface area (Å²) in [5.41, 5.74) is 2.82. The molecule has 0 saturated carbocycles. The summed E-state index contributed by atoms with van der Waals surface area (Å²) in [5.74, 6) is -0.980. The standard InChI is InChI=1S/C16H13ClN4O2/c1-9-5-6-21-13(7-9)18-14(16(22)23)15(21)20-19-11-4-3-10(2)12(17)8-11/h3-8H,1-2H3,(H,22,23). The lowest BCUT2D eigenvalue weighted by atomic mass is 10.2. The third-order valence-electron chi connectivity index (χ3n) is 3.37. The van der Waals surface area contributed by atoms with E-state index in [-0.39, 0.29) is 11.5 Å². The van der Waals surface area contributed by atoms with E-state index in [0.717, 1.165) is 11.1 Å². The van der Waals surface area contributed by atoms with E-state index in [1.807, 2.05) is 26.0 Å². The number of carbonyl (C=O) groups is 1. The SMILES string of the molecule is Cc1ccn2c(N=Nc3ccc(C)c(Cl)c3)c(C(=O)O)nc2c1. The predicted octanol–water partition coefficient (Wildman–Crippen LogP) is 4.72. The Morgan fingerprint density at radius 3 is 2.70 bits per heavy atom. The quantitative estimate of drug-likeness (QED) is 0.706. The average Bonchev–Trinajstić information content (AvgIpc) is 2.86. The molecule has 3 rings (SSSR count). The molecule has 0 fully saturated rings. The molecule has 0 amide bonds. The van der Waals surface area contributed by atoms with Gasteiger partial charge in [-0.25, -0.2) is 9.78 Å². The molecule has 0 bridgehead atoms. The van der Waals surface area contributed by atoms with Crippen LogP contribution < -0.4 is 0 Å². The van der Waals surface area contributed by atoms with Crippen LogP contribution in [0.3, 0.4) is 0 Å². The molecule has 116 valence electrons. The fourth-order valence-electron chi connectivity index (χ4n) is 2.12. The summed E-state index contributed by atoms with van der Waals surface area (Å²) in [5, 5.41) is 18.0. The van der Waals surface area contributed by atoms with Crippen molar-refractivity contribution in [3.05, 3.63) is 58.4 Å². The summed E-state index contributed by atoms with van der Waals surface area (Å²) in [6.07, 6.45) is 1.72. The Kier molecular flexibility index (Phi) is 3.83. The Balaban J connectivity index is 2.10. The first-order valence-electron chi connectivity index (χ1n) is 6.85. The van der Waals surface area contributed by atoms with E-state index in [0.29, 0.717) is 16.4 Å². The van der Waals surface area contributed by atoms with E-state index >= 15 is 0 Å². The molecule has 0 aliphatic carbocycles. The summed E-state index contributed by atoms with van der Waals surface area (Å²) >= 11 is 6.06. The summed E-state index contributed by atoms with van der Waals surface area (Å²) in [6.45, 7) is 3.79. The van der Waals surface area contributed by atoms with Crippen LogP contribution >= 0.6 is 11.6 Å². The zero-order valence-electron chi connectivity index (χ0n) is 12.5. The molecule has 1 N–H and O–H groups in total. The first-order chi connectivity index (χ1) is 11.0. The molecule has 0 radical (unpaired) electrons. The van der Waals surface area contributed by atoms with Gasteiger partial charge in [0, 0.05) is 11.2 Å². The number of rotatable bonds is 3. The van der Waals surface area contributed by atoms with Gasteiger partial charge in [0.15, 0.2) is 11.5 Å². The van der Waals surface area contributed by atoms with E-state index in [1.54, 1.807) is 28.8 Å². The number of benzene rings is 1. The van der Waals surface area contributed by atoms with Crippen molar-refractivity contribution < 1.29 is 9.90 Å². The van der Waals surface area contributed by atoms with E-state index in [9.17, 15) is 9.90 Å². The third kappa shape index (κ3) is 2.93. The predicted molar refractivity (Wildman–Crippen MR) is 87.3 cm³/mol. The monoisotopic (exact) mass is 328 g/mol. The number of aromatic carboxylic acids is 1. The Hall–Kier alpha value is -2.73. The number of aromatic nitrogens is 2. The minimum absolute atomic E-state index is 0.141. The number of pyridine rings is 1.